The van der Waals surface area contributed by atoms with Gasteiger partial charge in [0, 0.05) is 25.7 Å². The van der Waals surface area contributed by atoms with Gasteiger partial charge in [0.05, 0.1) is 6.42 Å². The highest BCUT2D eigenvalue weighted by Crippen LogP contribution is 2.28. The van der Waals surface area contributed by atoms with E-state index in [-0.39, 0.29) is 12.6 Å². The van der Waals surface area contributed by atoms with Crippen LogP contribution in [-0.4, -0.2) is 31.2 Å². The van der Waals surface area contributed by atoms with Gasteiger partial charge in [-0.25, -0.2) is 0 Å². The zero-order chi connectivity index (χ0) is 13.2. The van der Waals surface area contributed by atoms with E-state index in [9.17, 15) is 13.2 Å². The average Bonchev–Trinajstić information content (AvgIpc) is 2.34. The minimum atomic E-state index is -4.09. The van der Waals surface area contributed by atoms with Crippen molar-refractivity contribution < 1.29 is 13.2 Å². The summed E-state index contributed by atoms with van der Waals surface area (Å²) in [7, 11) is 1.75. The molecule has 2 nitrogen and oxygen atoms in total. The molecule has 100 valence electrons. The van der Waals surface area contributed by atoms with E-state index >= 15 is 0 Å². The van der Waals surface area contributed by atoms with Crippen molar-refractivity contribution in [3.8, 4) is 0 Å². The highest BCUT2D eigenvalue weighted by atomic mass is 19.4. The number of alkyl halides is 3. The molecule has 0 aromatic heterocycles. The van der Waals surface area contributed by atoms with Gasteiger partial charge in [-0.2, -0.15) is 13.2 Å². The lowest BCUT2D eigenvalue weighted by Crippen LogP contribution is -2.39. The number of halogens is 3. The number of likely N-dealkylation sites (N-methyl/N-ethyl adjacent to an activating group) is 1. The van der Waals surface area contributed by atoms with Crippen molar-refractivity contribution in [3.05, 3.63) is 35.4 Å². The molecular formula is C13H17F3N2. The molecule has 1 atom stereocenters. The fourth-order valence-corrected chi connectivity index (χ4v) is 2.33. The third kappa shape index (κ3) is 3.23. The van der Waals surface area contributed by atoms with Gasteiger partial charge in [-0.3, -0.25) is 4.90 Å². The number of rotatable bonds is 3. The predicted octanol–water partition coefficient (Wildman–Crippen LogP) is 2.72. The van der Waals surface area contributed by atoms with Gasteiger partial charge in [0.1, 0.15) is 0 Å². The lowest BCUT2D eigenvalue weighted by atomic mass is 9.96. The van der Waals surface area contributed by atoms with Gasteiger partial charge in [-0.05, 0) is 18.2 Å². The van der Waals surface area contributed by atoms with Crippen LogP contribution in [0, 0.1) is 0 Å². The molecule has 1 unspecified atom stereocenters. The predicted molar refractivity (Wildman–Crippen MR) is 64.2 cm³/mol. The lowest BCUT2D eigenvalue weighted by molar-refractivity contribution is -0.138. The van der Waals surface area contributed by atoms with E-state index in [4.69, 9.17) is 0 Å². The van der Waals surface area contributed by atoms with Gasteiger partial charge >= 0.3 is 6.18 Å². The second kappa shape index (κ2) is 5.28. The van der Waals surface area contributed by atoms with Crippen LogP contribution in [0.25, 0.3) is 0 Å². The molecule has 1 aromatic rings. The number of fused-ring (bicyclic) bond motifs is 1. The molecule has 1 heterocycles. The molecule has 0 fully saturated rings. The van der Waals surface area contributed by atoms with Crippen molar-refractivity contribution in [1.82, 2.24) is 10.2 Å². The van der Waals surface area contributed by atoms with Crippen LogP contribution < -0.4 is 5.32 Å². The van der Waals surface area contributed by atoms with Crippen molar-refractivity contribution in [2.75, 3.05) is 20.1 Å². The Morgan fingerprint density at radius 2 is 2.06 bits per heavy atom. The molecule has 1 aromatic carbocycles. The topological polar surface area (TPSA) is 15.3 Å². The Labute approximate surface area is 105 Å². The van der Waals surface area contributed by atoms with E-state index < -0.39 is 12.6 Å². The largest absolute Gasteiger partial charge is 0.390 e. The SMILES string of the molecule is CN(CCC(F)(F)F)C1CNCc2ccccc21. The van der Waals surface area contributed by atoms with E-state index in [1.165, 1.54) is 5.56 Å². The van der Waals surface area contributed by atoms with Crippen molar-refractivity contribution in [3.63, 3.8) is 0 Å². The zero-order valence-corrected chi connectivity index (χ0v) is 10.3. The standard InChI is InChI=1S/C13H17F3N2/c1-18(7-6-13(14,15)16)12-9-17-8-10-4-2-3-5-11(10)12/h2-5,12,17H,6-9H2,1H3. The summed E-state index contributed by atoms with van der Waals surface area (Å²) in [6.07, 6.45) is -4.85. The smallest absolute Gasteiger partial charge is 0.311 e. The first-order chi connectivity index (χ1) is 8.47. The summed E-state index contributed by atoms with van der Waals surface area (Å²) < 4.78 is 36.7. The normalized spacial score (nSPS) is 19.9. The van der Waals surface area contributed by atoms with Crippen LogP contribution in [0.15, 0.2) is 24.3 Å². The van der Waals surface area contributed by atoms with Gasteiger partial charge in [-0.15, -0.1) is 0 Å². The minimum Gasteiger partial charge on any atom is -0.311 e. The average molecular weight is 258 g/mol. The quantitative estimate of drug-likeness (QED) is 0.896. The highest BCUT2D eigenvalue weighted by molar-refractivity contribution is 5.32. The number of nitrogens with zero attached hydrogens (tertiary/aromatic N) is 1. The zero-order valence-electron chi connectivity index (χ0n) is 10.3. The Bertz CT molecular complexity index is 403. The molecule has 0 bridgehead atoms. The third-order valence-electron chi connectivity index (χ3n) is 3.35. The first-order valence-corrected chi connectivity index (χ1v) is 6.03. The summed E-state index contributed by atoms with van der Waals surface area (Å²) in [5.41, 5.74) is 2.31. The molecule has 2 rings (SSSR count). The second-order valence-corrected chi connectivity index (χ2v) is 4.69. The summed E-state index contributed by atoms with van der Waals surface area (Å²) in [5.74, 6) is 0. The summed E-state index contributed by atoms with van der Waals surface area (Å²) in [4.78, 5) is 1.78. The first-order valence-electron chi connectivity index (χ1n) is 6.03. The summed E-state index contributed by atoms with van der Waals surface area (Å²) in [6.45, 7) is 1.52. The van der Waals surface area contributed by atoms with Crippen molar-refractivity contribution in [2.24, 2.45) is 0 Å². The molecule has 0 saturated carbocycles. The number of nitrogens with one attached hydrogen (secondary N) is 1. The third-order valence-corrected chi connectivity index (χ3v) is 3.35. The molecule has 0 aliphatic carbocycles. The Balaban J connectivity index is 2.06. The maximum atomic E-state index is 12.2. The Kier molecular flexibility index (Phi) is 3.92. The van der Waals surface area contributed by atoms with E-state index in [0.29, 0.717) is 6.54 Å². The van der Waals surface area contributed by atoms with Crippen LogP contribution >= 0.6 is 0 Å². The number of benzene rings is 1. The van der Waals surface area contributed by atoms with Crippen LogP contribution in [0.1, 0.15) is 23.6 Å². The van der Waals surface area contributed by atoms with Crippen LogP contribution in [0.2, 0.25) is 0 Å². The summed E-state index contributed by atoms with van der Waals surface area (Å²) >= 11 is 0. The fourth-order valence-electron chi connectivity index (χ4n) is 2.33. The molecule has 1 aliphatic rings. The maximum absolute atomic E-state index is 12.2. The van der Waals surface area contributed by atoms with Crippen molar-refractivity contribution in [1.29, 1.82) is 0 Å². The van der Waals surface area contributed by atoms with Gasteiger partial charge in [0.2, 0.25) is 0 Å². The molecule has 18 heavy (non-hydrogen) atoms. The number of hydrogen-bond acceptors (Lipinski definition) is 2. The van der Waals surface area contributed by atoms with E-state index in [2.05, 4.69) is 5.32 Å². The van der Waals surface area contributed by atoms with Crippen LogP contribution in [0.4, 0.5) is 13.2 Å². The van der Waals surface area contributed by atoms with Crippen molar-refractivity contribution >= 4 is 0 Å². The molecule has 1 aliphatic heterocycles. The molecule has 1 N–H and O–H groups in total. The molecule has 0 radical (unpaired) electrons. The van der Waals surface area contributed by atoms with E-state index in [0.717, 1.165) is 12.1 Å². The highest BCUT2D eigenvalue weighted by Gasteiger charge is 2.30. The monoisotopic (exact) mass is 258 g/mol. The Hall–Kier alpha value is -1.07. The minimum absolute atomic E-state index is 0.0253. The maximum Gasteiger partial charge on any atom is 0.390 e. The Morgan fingerprint density at radius 1 is 1.33 bits per heavy atom. The van der Waals surface area contributed by atoms with Gasteiger partial charge in [0.25, 0.3) is 0 Å². The van der Waals surface area contributed by atoms with E-state index in [1.807, 2.05) is 24.3 Å². The van der Waals surface area contributed by atoms with Crippen LogP contribution in [0.3, 0.4) is 0 Å². The van der Waals surface area contributed by atoms with E-state index in [1.54, 1.807) is 11.9 Å². The van der Waals surface area contributed by atoms with Gasteiger partial charge in [0.15, 0.2) is 0 Å². The summed E-state index contributed by atoms with van der Waals surface area (Å²) in [5, 5.41) is 3.25. The van der Waals surface area contributed by atoms with Gasteiger partial charge < -0.3 is 5.32 Å². The fraction of sp³-hybridized carbons (Fsp3) is 0.538. The van der Waals surface area contributed by atoms with Crippen LogP contribution in [0.5, 0.6) is 0 Å². The van der Waals surface area contributed by atoms with Crippen LogP contribution in [-0.2, 0) is 6.54 Å². The molecule has 0 saturated heterocycles. The second-order valence-electron chi connectivity index (χ2n) is 4.69. The number of hydrogen-bond donors (Lipinski definition) is 1. The summed E-state index contributed by atoms with van der Waals surface area (Å²) in [6, 6.07) is 7.95. The Morgan fingerprint density at radius 3 is 2.78 bits per heavy atom. The molecule has 0 spiro atoms. The molecule has 0 amide bonds. The molecular weight excluding hydrogens is 241 g/mol. The lowest BCUT2D eigenvalue weighted by Gasteiger charge is -2.33. The first kappa shape index (κ1) is 13.4. The van der Waals surface area contributed by atoms with Crippen molar-refractivity contribution in [2.45, 2.75) is 25.2 Å². The van der Waals surface area contributed by atoms with Gasteiger partial charge in [-0.1, -0.05) is 24.3 Å². The molecule has 5 heteroatoms.